The Morgan fingerprint density at radius 3 is 3.30 bits per heavy atom. The van der Waals surface area contributed by atoms with Crippen LogP contribution in [-0.2, 0) is 6.42 Å². The van der Waals surface area contributed by atoms with Crippen LogP contribution in [0, 0.1) is 5.92 Å². The van der Waals surface area contributed by atoms with Gasteiger partial charge in [-0.15, -0.1) is 16.4 Å². The van der Waals surface area contributed by atoms with E-state index >= 15 is 0 Å². The van der Waals surface area contributed by atoms with Crippen molar-refractivity contribution < 1.29 is 0 Å². The summed E-state index contributed by atoms with van der Waals surface area (Å²) in [6.07, 6.45) is 3.43. The van der Waals surface area contributed by atoms with Crippen LogP contribution in [-0.4, -0.2) is 40.9 Å². The third-order valence-corrected chi connectivity index (χ3v) is 5.25. The van der Waals surface area contributed by atoms with Crippen molar-refractivity contribution in [2.75, 3.05) is 24.5 Å². The number of aromatic nitrogens is 3. The number of H-pyrrole nitrogens is 1. The van der Waals surface area contributed by atoms with E-state index in [4.69, 9.17) is 4.98 Å². The van der Waals surface area contributed by atoms with Gasteiger partial charge in [0.2, 0.25) is 5.95 Å². The molecule has 0 radical (unpaired) electrons. The summed E-state index contributed by atoms with van der Waals surface area (Å²) in [6.45, 7) is 3.30. The summed E-state index contributed by atoms with van der Waals surface area (Å²) in [6, 6.07) is 4.80. The van der Waals surface area contributed by atoms with Crippen molar-refractivity contribution in [2.24, 2.45) is 5.92 Å². The molecule has 2 fully saturated rings. The first-order valence-electron chi connectivity index (χ1n) is 7.31. The number of anilines is 1. The zero-order chi connectivity index (χ0) is 13.4. The van der Waals surface area contributed by atoms with Crippen molar-refractivity contribution in [1.82, 2.24) is 20.5 Å². The largest absolute Gasteiger partial charge is 0.335 e. The van der Waals surface area contributed by atoms with Crippen LogP contribution in [0.25, 0.3) is 0 Å². The van der Waals surface area contributed by atoms with Crippen molar-refractivity contribution in [3.63, 3.8) is 0 Å². The first-order valence-corrected chi connectivity index (χ1v) is 8.19. The van der Waals surface area contributed by atoms with Gasteiger partial charge in [-0.1, -0.05) is 6.07 Å². The third kappa shape index (κ3) is 2.23. The molecule has 2 aliphatic rings. The highest BCUT2D eigenvalue weighted by Gasteiger charge is 2.36. The van der Waals surface area contributed by atoms with Crippen LogP contribution < -0.4 is 10.2 Å². The molecular formula is C14H19N5S. The van der Waals surface area contributed by atoms with Gasteiger partial charge in [-0.2, -0.15) is 4.98 Å². The molecule has 5 nitrogen and oxygen atoms in total. The van der Waals surface area contributed by atoms with E-state index in [2.05, 4.69) is 37.9 Å². The number of fused-ring (bicyclic) bond motifs is 1. The number of rotatable bonds is 3. The molecule has 0 aliphatic carbocycles. The molecule has 2 N–H and O–H groups in total. The van der Waals surface area contributed by atoms with Gasteiger partial charge in [0.05, 0.1) is 0 Å². The summed E-state index contributed by atoms with van der Waals surface area (Å²) in [7, 11) is 0. The predicted molar refractivity (Wildman–Crippen MR) is 80.2 cm³/mol. The van der Waals surface area contributed by atoms with E-state index in [-0.39, 0.29) is 0 Å². The maximum Gasteiger partial charge on any atom is 0.245 e. The number of hydrogen-bond acceptors (Lipinski definition) is 5. The molecule has 0 spiro atoms. The normalized spacial score (nSPS) is 25.9. The van der Waals surface area contributed by atoms with Gasteiger partial charge >= 0.3 is 0 Å². The van der Waals surface area contributed by atoms with E-state index in [0.717, 1.165) is 43.7 Å². The highest BCUT2D eigenvalue weighted by molar-refractivity contribution is 7.09. The van der Waals surface area contributed by atoms with E-state index < -0.39 is 0 Å². The Labute approximate surface area is 122 Å². The van der Waals surface area contributed by atoms with Crippen LogP contribution in [0.1, 0.15) is 23.5 Å². The monoisotopic (exact) mass is 289 g/mol. The minimum Gasteiger partial charge on any atom is -0.335 e. The van der Waals surface area contributed by atoms with Crippen LogP contribution in [0.5, 0.6) is 0 Å². The van der Waals surface area contributed by atoms with Crippen LogP contribution in [0.15, 0.2) is 17.5 Å². The van der Waals surface area contributed by atoms with E-state index in [1.54, 1.807) is 11.3 Å². The minimum absolute atomic E-state index is 0.578. The minimum atomic E-state index is 0.578. The Hall–Kier alpha value is -1.40. The fourth-order valence-corrected chi connectivity index (χ4v) is 4.10. The maximum absolute atomic E-state index is 4.71. The van der Waals surface area contributed by atoms with Crippen LogP contribution in [0.2, 0.25) is 0 Å². The number of piperidine rings is 1. The maximum atomic E-state index is 4.71. The van der Waals surface area contributed by atoms with E-state index in [1.807, 2.05) is 0 Å². The summed E-state index contributed by atoms with van der Waals surface area (Å²) in [5, 5.41) is 13.2. The van der Waals surface area contributed by atoms with E-state index in [1.165, 1.54) is 17.7 Å². The fraction of sp³-hybridized carbons (Fsp3) is 0.571. The Morgan fingerprint density at radius 2 is 2.40 bits per heavy atom. The molecule has 4 heterocycles. The first-order chi connectivity index (χ1) is 9.90. The Bertz CT molecular complexity index is 564. The van der Waals surface area contributed by atoms with Crippen molar-refractivity contribution >= 4 is 17.3 Å². The lowest BCUT2D eigenvalue weighted by Crippen LogP contribution is -2.45. The highest BCUT2D eigenvalue weighted by atomic mass is 32.1. The summed E-state index contributed by atoms with van der Waals surface area (Å²) >= 11 is 1.77. The molecule has 2 atom stereocenters. The topological polar surface area (TPSA) is 56.8 Å². The molecule has 0 aromatic carbocycles. The lowest BCUT2D eigenvalue weighted by Gasteiger charge is -2.36. The first kappa shape index (κ1) is 12.3. The number of aromatic amines is 1. The van der Waals surface area contributed by atoms with E-state index in [9.17, 15) is 0 Å². The zero-order valence-corrected chi connectivity index (χ0v) is 12.2. The molecule has 0 saturated carbocycles. The number of nitrogens with one attached hydrogen (secondary N) is 2. The lowest BCUT2D eigenvalue weighted by molar-refractivity contribution is 0.381. The van der Waals surface area contributed by atoms with Crippen molar-refractivity contribution in [2.45, 2.75) is 25.3 Å². The third-order valence-electron chi connectivity index (χ3n) is 4.38. The lowest BCUT2D eigenvalue weighted by atomic mass is 9.92. The quantitative estimate of drug-likeness (QED) is 0.902. The fourth-order valence-electron chi connectivity index (χ4n) is 3.39. The Balaban J connectivity index is 1.52. The number of hydrogen-bond donors (Lipinski definition) is 2. The van der Waals surface area contributed by atoms with Crippen LogP contribution in [0.4, 0.5) is 5.95 Å². The van der Waals surface area contributed by atoms with Gasteiger partial charge < -0.3 is 10.2 Å². The smallest absolute Gasteiger partial charge is 0.245 e. The summed E-state index contributed by atoms with van der Waals surface area (Å²) in [4.78, 5) is 8.42. The average Bonchev–Trinajstić information content (AvgIpc) is 3.19. The molecular weight excluding hydrogens is 270 g/mol. The molecule has 2 saturated heterocycles. The SMILES string of the molecule is c1csc(Cc2nc(N3CCCC4CNCC43)n[nH]2)c1. The van der Waals surface area contributed by atoms with Crippen molar-refractivity contribution in [1.29, 1.82) is 0 Å². The van der Waals surface area contributed by atoms with Gasteiger partial charge in [0.1, 0.15) is 5.82 Å². The standard InChI is InChI=1S/C14H19N5S/c1-3-10-8-15-9-12(10)19(5-1)14-16-13(17-18-14)7-11-4-2-6-20-11/h2,4,6,10,12,15H,1,3,5,7-9H2,(H,16,17,18). The second-order valence-corrected chi connectivity index (χ2v) is 6.69. The molecule has 0 amide bonds. The van der Waals surface area contributed by atoms with Crippen LogP contribution >= 0.6 is 11.3 Å². The average molecular weight is 289 g/mol. The second-order valence-electron chi connectivity index (χ2n) is 5.66. The van der Waals surface area contributed by atoms with Crippen LogP contribution in [0.3, 0.4) is 0 Å². The summed E-state index contributed by atoms with van der Waals surface area (Å²) in [5.74, 6) is 2.62. The molecule has 6 heteroatoms. The van der Waals surface area contributed by atoms with E-state index in [0.29, 0.717) is 6.04 Å². The van der Waals surface area contributed by atoms with Gasteiger partial charge in [0.15, 0.2) is 0 Å². The van der Waals surface area contributed by atoms with Gasteiger partial charge in [0.25, 0.3) is 0 Å². The summed E-state index contributed by atoms with van der Waals surface area (Å²) in [5.41, 5.74) is 0. The highest BCUT2D eigenvalue weighted by Crippen LogP contribution is 2.29. The zero-order valence-electron chi connectivity index (χ0n) is 11.4. The van der Waals surface area contributed by atoms with Gasteiger partial charge in [-0.25, -0.2) is 0 Å². The second kappa shape index (κ2) is 5.18. The van der Waals surface area contributed by atoms with Crippen molar-refractivity contribution in [3.05, 3.63) is 28.2 Å². The Kier molecular flexibility index (Phi) is 3.20. The Morgan fingerprint density at radius 1 is 1.40 bits per heavy atom. The molecule has 2 aromatic rings. The number of nitrogens with zero attached hydrogens (tertiary/aromatic N) is 3. The molecule has 20 heavy (non-hydrogen) atoms. The molecule has 106 valence electrons. The molecule has 2 aliphatic heterocycles. The van der Waals surface area contributed by atoms with Crippen molar-refractivity contribution in [3.8, 4) is 0 Å². The number of thiophene rings is 1. The molecule has 4 rings (SSSR count). The molecule has 2 aromatic heterocycles. The molecule has 2 unspecified atom stereocenters. The summed E-state index contributed by atoms with van der Waals surface area (Å²) < 4.78 is 0. The molecule has 0 bridgehead atoms. The van der Waals surface area contributed by atoms with Gasteiger partial charge in [-0.3, -0.25) is 5.10 Å². The van der Waals surface area contributed by atoms with Gasteiger partial charge in [-0.05, 0) is 30.2 Å². The van der Waals surface area contributed by atoms with Gasteiger partial charge in [0, 0.05) is 37.0 Å². The predicted octanol–water partition coefficient (Wildman–Crippen LogP) is 1.65.